The van der Waals surface area contributed by atoms with Crippen molar-refractivity contribution in [1.82, 2.24) is 9.55 Å². The number of anilines is 1. The van der Waals surface area contributed by atoms with Gasteiger partial charge in [-0.15, -0.1) is 0 Å². The fourth-order valence-electron chi connectivity index (χ4n) is 2.20. The highest BCUT2D eigenvalue weighted by atomic mass is 16.1. The summed E-state index contributed by atoms with van der Waals surface area (Å²) in [5.74, 6) is 0.916. The van der Waals surface area contributed by atoms with Gasteiger partial charge in [-0.2, -0.15) is 0 Å². The molecule has 0 saturated heterocycles. The van der Waals surface area contributed by atoms with Gasteiger partial charge in [-0.05, 0) is 18.2 Å². The second kappa shape index (κ2) is 4.57. The van der Waals surface area contributed by atoms with Crippen LogP contribution in [0.3, 0.4) is 0 Å². The van der Waals surface area contributed by atoms with Crippen LogP contribution in [0.25, 0.3) is 22.4 Å². The molecule has 3 rings (SSSR count). The number of aryl methyl sites for hydroxylation is 1. The first-order chi connectivity index (χ1) is 9.29. The van der Waals surface area contributed by atoms with Crippen LogP contribution in [0.4, 0.5) is 5.69 Å². The average molecular weight is 251 g/mol. The van der Waals surface area contributed by atoms with Gasteiger partial charge >= 0.3 is 0 Å². The molecule has 2 aromatic carbocycles. The molecule has 1 N–H and O–H groups in total. The van der Waals surface area contributed by atoms with Crippen LogP contribution in [0.5, 0.6) is 0 Å². The zero-order valence-electron chi connectivity index (χ0n) is 10.5. The van der Waals surface area contributed by atoms with E-state index in [1.165, 1.54) is 0 Å². The monoisotopic (exact) mass is 251 g/mol. The van der Waals surface area contributed by atoms with Crippen LogP contribution in [0.2, 0.25) is 0 Å². The normalized spacial score (nSPS) is 10.6. The summed E-state index contributed by atoms with van der Waals surface area (Å²) in [6.45, 7) is 0. The SMILES string of the molecule is Cn1c(-c2ccccc2)nc2cc(NC=O)ccc21. The summed E-state index contributed by atoms with van der Waals surface area (Å²) in [6, 6.07) is 15.7. The van der Waals surface area contributed by atoms with Crippen molar-refractivity contribution >= 4 is 23.1 Å². The minimum Gasteiger partial charge on any atom is -0.329 e. The van der Waals surface area contributed by atoms with E-state index >= 15 is 0 Å². The van der Waals surface area contributed by atoms with Gasteiger partial charge in [-0.25, -0.2) is 4.98 Å². The van der Waals surface area contributed by atoms with Crippen molar-refractivity contribution in [3.63, 3.8) is 0 Å². The first kappa shape index (κ1) is 11.5. The predicted molar refractivity (Wildman–Crippen MR) is 75.8 cm³/mol. The fraction of sp³-hybridized carbons (Fsp3) is 0.0667. The van der Waals surface area contributed by atoms with E-state index in [4.69, 9.17) is 0 Å². The summed E-state index contributed by atoms with van der Waals surface area (Å²) in [5.41, 5.74) is 3.73. The number of imidazole rings is 1. The molecule has 0 atom stereocenters. The standard InChI is InChI=1S/C15H13N3O/c1-18-14-8-7-12(16-10-19)9-13(14)17-15(18)11-5-3-2-4-6-11/h2-10H,1H3,(H,16,19). The number of aromatic nitrogens is 2. The molecule has 0 radical (unpaired) electrons. The van der Waals surface area contributed by atoms with Gasteiger partial charge in [-0.3, -0.25) is 4.79 Å². The first-order valence-corrected chi connectivity index (χ1v) is 6.01. The van der Waals surface area contributed by atoms with Crippen LogP contribution in [-0.4, -0.2) is 16.0 Å². The number of nitrogens with zero attached hydrogens (tertiary/aromatic N) is 2. The lowest BCUT2D eigenvalue weighted by Gasteiger charge is -2.02. The minimum absolute atomic E-state index is 0.669. The summed E-state index contributed by atoms with van der Waals surface area (Å²) >= 11 is 0. The predicted octanol–water partition coefficient (Wildman–Crippen LogP) is 2.81. The zero-order valence-corrected chi connectivity index (χ0v) is 10.5. The molecule has 4 heteroatoms. The summed E-state index contributed by atoms with van der Waals surface area (Å²) in [4.78, 5) is 15.1. The molecule has 4 nitrogen and oxygen atoms in total. The number of rotatable bonds is 3. The Balaban J connectivity index is 2.17. The number of carbonyl (C=O) groups excluding carboxylic acids is 1. The van der Waals surface area contributed by atoms with E-state index in [9.17, 15) is 4.79 Å². The maximum Gasteiger partial charge on any atom is 0.211 e. The lowest BCUT2D eigenvalue weighted by Crippen LogP contribution is -1.93. The Hall–Kier alpha value is -2.62. The number of carbonyl (C=O) groups is 1. The Morgan fingerprint density at radius 3 is 2.68 bits per heavy atom. The molecule has 19 heavy (non-hydrogen) atoms. The second-order valence-corrected chi connectivity index (χ2v) is 4.33. The van der Waals surface area contributed by atoms with Gasteiger partial charge in [0.15, 0.2) is 0 Å². The number of hydrogen-bond acceptors (Lipinski definition) is 2. The summed E-state index contributed by atoms with van der Waals surface area (Å²) < 4.78 is 2.05. The van der Waals surface area contributed by atoms with Gasteiger partial charge in [0.1, 0.15) is 5.82 Å². The van der Waals surface area contributed by atoms with E-state index in [0.29, 0.717) is 6.41 Å². The molecular formula is C15H13N3O. The molecule has 0 bridgehead atoms. The van der Waals surface area contributed by atoms with Crippen LogP contribution >= 0.6 is 0 Å². The fourth-order valence-corrected chi connectivity index (χ4v) is 2.20. The molecule has 0 aliphatic heterocycles. The van der Waals surface area contributed by atoms with Gasteiger partial charge in [0.05, 0.1) is 11.0 Å². The van der Waals surface area contributed by atoms with Crippen molar-refractivity contribution in [3.05, 3.63) is 48.5 Å². The van der Waals surface area contributed by atoms with E-state index in [-0.39, 0.29) is 0 Å². The second-order valence-electron chi connectivity index (χ2n) is 4.33. The Labute approximate surface area is 110 Å². The number of benzene rings is 2. The molecule has 0 aliphatic carbocycles. The quantitative estimate of drug-likeness (QED) is 0.727. The van der Waals surface area contributed by atoms with Crippen molar-refractivity contribution in [2.24, 2.45) is 7.05 Å². The zero-order chi connectivity index (χ0) is 13.2. The van der Waals surface area contributed by atoms with Crippen molar-refractivity contribution in [3.8, 4) is 11.4 Å². The van der Waals surface area contributed by atoms with Gasteiger partial charge in [0.25, 0.3) is 0 Å². The van der Waals surface area contributed by atoms with E-state index < -0.39 is 0 Å². The van der Waals surface area contributed by atoms with Crippen LogP contribution in [0, 0.1) is 0 Å². The summed E-state index contributed by atoms with van der Waals surface area (Å²) in [6.07, 6.45) is 0.669. The van der Waals surface area contributed by atoms with E-state index in [2.05, 4.69) is 14.9 Å². The lowest BCUT2D eigenvalue weighted by atomic mass is 10.2. The highest BCUT2D eigenvalue weighted by molar-refractivity contribution is 5.86. The molecule has 1 aromatic heterocycles. The Bertz CT molecular complexity index is 732. The Morgan fingerprint density at radius 2 is 1.95 bits per heavy atom. The molecule has 0 fully saturated rings. The van der Waals surface area contributed by atoms with E-state index in [0.717, 1.165) is 28.1 Å². The van der Waals surface area contributed by atoms with E-state index in [1.807, 2.05) is 55.6 Å². The molecule has 3 aromatic rings. The Kier molecular flexibility index (Phi) is 2.76. The first-order valence-electron chi connectivity index (χ1n) is 6.01. The molecule has 0 saturated carbocycles. The van der Waals surface area contributed by atoms with Crippen molar-refractivity contribution in [2.45, 2.75) is 0 Å². The Morgan fingerprint density at radius 1 is 1.16 bits per heavy atom. The number of nitrogens with one attached hydrogen (secondary N) is 1. The number of amides is 1. The smallest absolute Gasteiger partial charge is 0.211 e. The van der Waals surface area contributed by atoms with Gasteiger partial charge in [0.2, 0.25) is 6.41 Å². The van der Waals surface area contributed by atoms with Crippen molar-refractivity contribution in [1.29, 1.82) is 0 Å². The average Bonchev–Trinajstić information content (AvgIpc) is 2.77. The summed E-state index contributed by atoms with van der Waals surface area (Å²) in [5, 5.41) is 2.64. The molecule has 1 heterocycles. The molecule has 0 unspecified atom stereocenters. The third-order valence-corrected chi connectivity index (χ3v) is 3.14. The van der Waals surface area contributed by atoms with E-state index in [1.54, 1.807) is 0 Å². The topological polar surface area (TPSA) is 46.9 Å². The van der Waals surface area contributed by atoms with Crippen molar-refractivity contribution in [2.75, 3.05) is 5.32 Å². The van der Waals surface area contributed by atoms with Crippen LogP contribution in [-0.2, 0) is 11.8 Å². The van der Waals surface area contributed by atoms with Crippen LogP contribution < -0.4 is 5.32 Å². The molecule has 0 aliphatic rings. The summed E-state index contributed by atoms with van der Waals surface area (Å²) in [7, 11) is 1.99. The number of hydrogen-bond donors (Lipinski definition) is 1. The van der Waals surface area contributed by atoms with Gasteiger partial charge in [-0.1, -0.05) is 30.3 Å². The minimum atomic E-state index is 0.669. The molecular weight excluding hydrogens is 238 g/mol. The largest absolute Gasteiger partial charge is 0.329 e. The maximum absolute atomic E-state index is 10.5. The third-order valence-electron chi connectivity index (χ3n) is 3.14. The highest BCUT2D eigenvalue weighted by Crippen LogP contribution is 2.25. The van der Waals surface area contributed by atoms with Crippen molar-refractivity contribution < 1.29 is 4.79 Å². The molecule has 94 valence electrons. The third kappa shape index (κ3) is 1.97. The van der Waals surface area contributed by atoms with Crippen LogP contribution in [0.15, 0.2) is 48.5 Å². The number of fused-ring (bicyclic) bond motifs is 1. The maximum atomic E-state index is 10.5. The molecule has 0 spiro atoms. The highest BCUT2D eigenvalue weighted by Gasteiger charge is 2.09. The van der Waals surface area contributed by atoms with Gasteiger partial charge in [0, 0.05) is 18.3 Å². The van der Waals surface area contributed by atoms with Gasteiger partial charge < -0.3 is 9.88 Å². The molecule has 1 amide bonds. The van der Waals surface area contributed by atoms with Crippen LogP contribution in [0.1, 0.15) is 0 Å². The lowest BCUT2D eigenvalue weighted by molar-refractivity contribution is -0.105.